The molecule has 138 valence electrons. The molecule has 25 heavy (non-hydrogen) atoms. The Morgan fingerprint density at radius 3 is 2.40 bits per heavy atom. The molecule has 0 bridgehead atoms. The molecule has 1 aliphatic carbocycles. The number of anilines is 1. The van der Waals surface area contributed by atoms with Crippen molar-refractivity contribution in [1.29, 1.82) is 0 Å². The molecule has 6 heteroatoms. The summed E-state index contributed by atoms with van der Waals surface area (Å²) in [5.74, 6) is 0.788. The third kappa shape index (κ3) is 3.54. The minimum absolute atomic E-state index is 0.0350. The largest absolute Gasteiger partial charge is 0.339 e. The van der Waals surface area contributed by atoms with Crippen molar-refractivity contribution in [2.75, 3.05) is 17.6 Å². The molecule has 0 N–H and O–H groups in total. The Morgan fingerprint density at radius 2 is 1.80 bits per heavy atom. The van der Waals surface area contributed by atoms with Gasteiger partial charge in [-0.1, -0.05) is 6.92 Å². The first-order valence-corrected chi connectivity index (χ1v) is 10.9. The van der Waals surface area contributed by atoms with E-state index in [2.05, 4.69) is 6.92 Å². The SMILES string of the molecule is CC1CCC(N(C)C(=O)c2ccc3c(c2)C[C@H](C)N3S(C)(=O)=O)CC1. The second-order valence-corrected chi connectivity index (χ2v) is 9.64. The smallest absolute Gasteiger partial charge is 0.253 e. The van der Waals surface area contributed by atoms with Crippen molar-refractivity contribution in [2.24, 2.45) is 5.92 Å². The van der Waals surface area contributed by atoms with E-state index >= 15 is 0 Å². The summed E-state index contributed by atoms with van der Waals surface area (Å²) in [5, 5.41) is 0. The van der Waals surface area contributed by atoms with Gasteiger partial charge in [0.05, 0.1) is 11.9 Å². The molecule has 1 fully saturated rings. The van der Waals surface area contributed by atoms with E-state index in [9.17, 15) is 13.2 Å². The predicted molar refractivity (Wildman–Crippen MR) is 100 cm³/mol. The third-order valence-corrected chi connectivity index (χ3v) is 6.96. The van der Waals surface area contributed by atoms with Gasteiger partial charge in [-0.25, -0.2) is 8.42 Å². The molecule has 2 aliphatic rings. The number of nitrogens with zero attached hydrogens (tertiary/aromatic N) is 2. The molecule has 1 atom stereocenters. The fourth-order valence-electron chi connectivity index (χ4n) is 4.24. The second-order valence-electron chi connectivity index (χ2n) is 7.79. The molecular weight excluding hydrogens is 336 g/mol. The summed E-state index contributed by atoms with van der Waals surface area (Å²) < 4.78 is 25.5. The van der Waals surface area contributed by atoms with Crippen molar-refractivity contribution in [2.45, 2.75) is 58.0 Å². The third-order valence-electron chi connectivity index (χ3n) is 5.69. The average molecular weight is 365 g/mol. The quantitative estimate of drug-likeness (QED) is 0.828. The first-order chi connectivity index (χ1) is 11.7. The lowest BCUT2D eigenvalue weighted by molar-refractivity contribution is 0.0679. The molecule has 0 saturated heterocycles. The average Bonchev–Trinajstić information content (AvgIpc) is 2.89. The number of amides is 1. The summed E-state index contributed by atoms with van der Waals surface area (Å²) in [6.07, 6.45) is 6.35. The summed E-state index contributed by atoms with van der Waals surface area (Å²) >= 11 is 0. The van der Waals surface area contributed by atoms with Crippen LogP contribution in [-0.2, 0) is 16.4 Å². The standard InChI is InChI=1S/C19H28N2O3S/c1-13-5-8-17(9-6-13)20(3)19(22)15-7-10-18-16(12-15)11-14(2)21(18)25(4,23)24/h7,10,12-14,17H,5-6,8-9,11H2,1-4H3/t13?,14-,17?/m0/s1. The molecule has 3 rings (SSSR count). The van der Waals surface area contributed by atoms with Crippen LogP contribution in [0.25, 0.3) is 0 Å². The van der Waals surface area contributed by atoms with E-state index in [1.807, 2.05) is 24.9 Å². The Morgan fingerprint density at radius 1 is 1.16 bits per heavy atom. The minimum atomic E-state index is -3.30. The molecule has 1 heterocycles. The van der Waals surface area contributed by atoms with E-state index in [-0.39, 0.29) is 11.9 Å². The van der Waals surface area contributed by atoms with Crippen molar-refractivity contribution in [3.05, 3.63) is 29.3 Å². The van der Waals surface area contributed by atoms with Crippen molar-refractivity contribution in [3.63, 3.8) is 0 Å². The molecule has 1 aliphatic heterocycles. The first kappa shape index (κ1) is 18.2. The first-order valence-electron chi connectivity index (χ1n) is 9.08. The van der Waals surface area contributed by atoms with E-state index in [0.717, 1.165) is 24.3 Å². The molecule has 0 radical (unpaired) electrons. The summed E-state index contributed by atoms with van der Waals surface area (Å²) in [6.45, 7) is 4.17. The van der Waals surface area contributed by atoms with Crippen LogP contribution >= 0.6 is 0 Å². The molecule has 1 aromatic rings. The summed E-state index contributed by atoms with van der Waals surface area (Å²) in [5.41, 5.74) is 2.30. The topological polar surface area (TPSA) is 57.7 Å². The summed E-state index contributed by atoms with van der Waals surface area (Å²) in [4.78, 5) is 14.8. The normalized spacial score (nSPS) is 26.4. The summed E-state index contributed by atoms with van der Waals surface area (Å²) in [7, 11) is -1.41. The maximum Gasteiger partial charge on any atom is 0.253 e. The predicted octanol–water partition coefficient (Wildman–Crippen LogP) is 3.05. The highest BCUT2D eigenvalue weighted by Crippen LogP contribution is 2.35. The zero-order valence-corrected chi connectivity index (χ0v) is 16.3. The Hall–Kier alpha value is -1.56. The van der Waals surface area contributed by atoms with E-state index < -0.39 is 10.0 Å². The maximum atomic E-state index is 12.9. The van der Waals surface area contributed by atoms with Gasteiger partial charge in [0.25, 0.3) is 5.91 Å². The van der Waals surface area contributed by atoms with Crippen LogP contribution in [0, 0.1) is 5.92 Å². The van der Waals surface area contributed by atoms with Crippen LogP contribution in [0.1, 0.15) is 55.5 Å². The van der Waals surface area contributed by atoms with Crippen LogP contribution in [0.15, 0.2) is 18.2 Å². The van der Waals surface area contributed by atoms with Gasteiger partial charge in [0.2, 0.25) is 10.0 Å². The lowest BCUT2D eigenvalue weighted by atomic mass is 9.86. The number of rotatable bonds is 3. The van der Waals surface area contributed by atoms with Gasteiger partial charge in [-0.05, 0) is 68.7 Å². The molecule has 1 aromatic carbocycles. The number of carbonyl (C=O) groups excluding carboxylic acids is 1. The number of carbonyl (C=O) groups is 1. The Bertz CT molecular complexity index is 767. The van der Waals surface area contributed by atoms with Gasteiger partial charge in [-0.3, -0.25) is 9.10 Å². The minimum Gasteiger partial charge on any atom is -0.339 e. The van der Waals surface area contributed by atoms with E-state index in [1.165, 1.54) is 23.4 Å². The van der Waals surface area contributed by atoms with Crippen LogP contribution in [0.5, 0.6) is 0 Å². The van der Waals surface area contributed by atoms with Crippen molar-refractivity contribution >= 4 is 21.6 Å². The fraction of sp³-hybridized carbons (Fsp3) is 0.632. The maximum absolute atomic E-state index is 12.9. The zero-order chi connectivity index (χ0) is 18.4. The van der Waals surface area contributed by atoms with E-state index in [1.54, 1.807) is 12.1 Å². The number of hydrogen-bond acceptors (Lipinski definition) is 3. The van der Waals surface area contributed by atoms with Gasteiger partial charge in [0, 0.05) is 24.7 Å². The van der Waals surface area contributed by atoms with Crippen LogP contribution in [-0.4, -0.2) is 44.6 Å². The molecule has 0 spiro atoms. The van der Waals surface area contributed by atoms with Gasteiger partial charge in [0.15, 0.2) is 0 Å². The molecule has 1 amide bonds. The van der Waals surface area contributed by atoms with E-state index in [4.69, 9.17) is 0 Å². The van der Waals surface area contributed by atoms with Crippen LogP contribution in [0.2, 0.25) is 0 Å². The highest BCUT2D eigenvalue weighted by Gasteiger charge is 2.33. The number of sulfonamides is 1. The van der Waals surface area contributed by atoms with Crippen LogP contribution in [0.4, 0.5) is 5.69 Å². The van der Waals surface area contributed by atoms with Gasteiger partial charge >= 0.3 is 0 Å². The zero-order valence-electron chi connectivity index (χ0n) is 15.5. The molecule has 5 nitrogen and oxygen atoms in total. The van der Waals surface area contributed by atoms with Gasteiger partial charge in [-0.15, -0.1) is 0 Å². The van der Waals surface area contributed by atoms with Crippen LogP contribution in [0.3, 0.4) is 0 Å². The van der Waals surface area contributed by atoms with Gasteiger partial charge < -0.3 is 4.90 Å². The van der Waals surface area contributed by atoms with E-state index in [0.29, 0.717) is 23.7 Å². The second kappa shape index (κ2) is 6.63. The lowest BCUT2D eigenvalue weighted by Gasteiger charge is -2.33. The molecule has 1 saturated carbocycles. The Balaban J connectivity index is 1.81. The summed E-state index contributed by atoms with van der Waals surface area (Å²) in [6, 6.07) is 5.63. The highest BCUT2D eigenvalue weighted by atomic mass is 32.2. The number of benzene rings is 1. The molecule has 0 unspecified atom stereocenters. The molecular formula is C19H28N2O3S. The van der Waals surface area contributed by atoms with Gasteiger partial charge in [-0.2, -0.15) is 0 Å². The van der Waals surface area contributed by atoms with Crippen molar-refractivity contribution < 1.29 is 13.2 Å². The Kier molecular flexibility index (Phi) is 4.84. The molecule has 0 aromatic heterocycles. The Labute approximate surface area is 151 Å². The highest BCUT2D eigenvalue weighted by molar-refractivity contribution is 7.92. The van der Waals surface area contributed by atoms with Crippen LogP contribution < -0.4 is 4.31 Å². The van der Waals surface area contributed by atoms with Crippen molar-refractivity contribution in [3.8, 4) is 0 Å². The fourth-order valence-corrected chi connectivity index (χ4v) is 5.50. The number of fused-ring (bicyclic) bond motifs is 1. The number of hydrogen-bond donors (Lipinski definition) is 0. The van der Waals surface area contributed by atoms with Gasteiger partial charge in [0.1, 0.15) is 0 Å². The monoisotopic (exact) mass is 364 g/mol. The lowest BCUT2D eigenvalue weighted by Crippen LogP contribution is -2.39. The van der Waals surface area contributed by atoms with Crippen molar-refractivity contribution in [1.82, 2.24) is 4.90 Å².